The number of furan rings is 1. The van der Waals surface area contributed by atoms with Gasteiger partial charge < -0.3 is 15.1 Å². The van der Waals surface area contributed by atoms with E-state index in [1.165, 1.54) is 5.56 Å². The number of hydrogen-bond donors (Lipinski definition) is 2. The van der Waals surface area contributed by atoms with Crippen LogP contribution in [0.4, 0.5) is 0 Å². The van der Waals surface area contributed by atoms with Gasteiger partial charge in [-0.3, -0.25) is 14.5 Å². The zero-order valence-electron chi connectivity index (χ0n) is 14.6. The van der Waals surface area contributed by atoms with Crippen LogP contribution in [-0.2, 0) is 16.1 Å². The Kier molecular flexibility index (Phi) is 5.23. The van der Waals surface area contributed by atoms with Gasteiger partial charge in [-0.1, -0.05) is 0 Å². The number of carbonyl (C=O) groups is 2. The maximum absolute atomic E-state index is 11.8. The quantitative estimate of drug-likeness (QED) is 0.801. The second kappa shape index (κ2) is 7.38. The van der Waals surface area contributed by atoms with Crippen LogP contribution in [0.1, 0.15) is 42.8 Å². The lowest BCUT2D eigenvalue weighted by atomic mass is 9.96. The van der Waals surface area contributed by atoms with E-state index < -0.39 is 11.8 Å². The van der Waals surface area contributed by atoms with Gasteiger partial charge >= 0.3 is 11.8 Å². The number of nitrogens with one attached hydrogen (secondary N) is 2. The lowest BCUT2D eigenvalue weighted by molar-refractivity contribution is -0.139. The Morgan fingerprint density at radius 3 is 2.46 bits per heavy atom. The molecule has 0 aromatic carbocycles. The number of carbonyl (C=O) groups excluding carboxylic acids is 2. The topological polar surface area (TPSA) is 74.6 Å². The molecule has 6 nitrogen and oxygen atoms in total. The Morgan fingerprint density at radius 2 is 1.88 bits per heavy atom. The number of hydrogen-bond acceptors (Lipinski definition) is 4. The molecule has 1 saturated heterocycles. The van der Waals surface area contributed by atoms with Gasteiger partial charge in [0, 0.05) is 24.7 Å². The summed E-state index contributed by atoms with van der Waals surface area (Å²) in [6, 6.07) is 2.33. The molecule has 24 heavy (non-hydrogen) atoms. The third-order valence-electron chi connectivity index (χ3n) is 4.91. The standard InChI is InChI=1S/C18H27N3O3/c1-12-9-15(13(2)24-12)11-21-7-5-14(6-8-21)10-19-17(22)18(23)20-16-3-4-16/h9,14,16H,3-8,10-11H2,1-2H3,(H,19,22)(H,20,23). The molecule has 2 heterocycles. The minimum absolute atomic E-state index is 0.224. The van der Waals surface area contributed by atoms with E-state index in [1.807, 2.05) is 13.8 Å². The Balaban J connectivity index is 1.36. The summed E-state index contributed by atoms with van der Waals surface area (Å²) in [6.45, 7) is 7.53. The number of piperidine rings is 1. The molecule has 132 valence electrons. The van der Waals surface area contributed by atoms with Gasteiger partial charge in [0.05, 0.1) is 0 Å². The zero-order valence-corrected chi connectivity index (χ0v) is 14.6. The van der Waals surface area contributed by atoms with Crippen LogP contribution >= 0.6 is 0 Å². The second-order valence-electron chi connectivity index (χ2n) is 7.12. The summed E-state index contributed by atoms with van der Waals surface area (Å²) < 4.78 is 5.58. The first-order valence-electron chi connectivity index (χ1n) is 8.88. The highest BCUT2D eigenvalue weighted by Gasteiger charge is 2.27. The van der Waals surface area contributed by atoms with Gasteiger partial charge in [-0.25, -0.2) is 0 Å². The molecule has 1 saturated carbocycles. The zero-order chi connectivity index (χ0) is 17.1. The molecule has 0 spiro atoms. The molecule has 0 atom stereocenters. The van der Waals surface area contributed by atoms with Gasteiger partial charge in [0.15, 0.2) is 0 Å². The smallest absolute Gasteiger partial charge is 0.309 e. The van der Waals surface area contributed by atoms with Crippen molar-refractivity contribution in [2.24, 2.45) is 5.92 Å². The van der Waals surface area contributed by atoms with Gasteiger partial charge in [0.1, 0.15) is 11.5 Å². The van der Waals surface area contributed by atoms with E-state index in [4.69, 9.17) is 4.42 Å². The third-order valence-corrected chi connectivity index (χ3v) is 4.91. The molecule has 2 aliphatic rings. The minimum atomic E-state index is -0.492. The molecule has 3 rings (SSSR count). The molecule has 1 aromatic heterocycles. The summed E-state index contributed by atoms with van der Waals surface area (Å²) >= 11 is 0. The van der Waals surface area contributed by atoms with E-state index in [1.54, 1.807) is 0 Å². The monoisotopic (exact) mass is 333 g/mol. The Bertz CT molecular complexity index is 599. The van der Waals surface area contributed by atoms with Crippen LogP contribution in [0.3, 0.4) is 0 Å². The van der Waals surface area contributed by atoms with E-state index in [2.05, 4.69) is 21.6 Å². The van der Waals surface area contributed by atoms with Crippen molar-refractivity contribution in [2.45, 2.75) is 52.1 Å². The van der Waals surface area contributed by atoms with Crippen molar-refractivity contribution < 1.29 is 14.0 Å². The summed E-state index contributed by atoms with van der Waals surface area (Å²) in [5.41, 5.74) is 1.26. The van der Waals surface area contributed by atoms with Crippen LogP contribution in [0.25, 0.3) is 0 Å². The first-order valence-corrected chi connectivity index (χ1v) is 8.88. The fraction of sp³-hybridized carbons (Fsp3) is 0.667. The number of likely N-dealkylation sites (tertiary alicyclic amines) is 1. The Labute approximate surface area is 143 Å². The lowest BCUT2D eigenvalue weighted by Crippen LogP contribution is -2.44. The van der Waals surface area contributed by atoms with E-state index in [9.17, 15) is 9.59 Å². The van der Waals surface area contributed by atoms with Gasteiger partial charge in [0.25, 0.3) is 0 Å². The second-order valence-corrected chi connectivity index (χ2v) is 7.12. The van der Waals surface area contributed by atoms with Gasteiger partial charge in [-0.05, 0) is 64.6 Å². The van der Waals surface area contributed by atoms with Crippen LogP contribution in [-0.4, -0.2) is 42.4 Å². The fourth-order valence-electron chi connectivity index (χ4n) is 3.23. The fourth-order valence-corrected chi connectivity index (χ4v) is 3.23. The average Bonchev–Trinajstić information content (AvgIpc) is 3.31. The molecule has 1 aromatic rings. The van der Waals surface area contributed by atoms with Crippen LogP contribution in [0.2, 0.25) is 0 Å². The maximum atomic E-state index is 11.8. The molecule has 2 N–H and O–H groups in total. The van der Waals surface area contributed by atoms with Crippen molar-refractivity contribution >= 4 is 11.8 Å². The van der Waals surface area contributed by atoms with Crippen molar-refractivity contribution in [1.29, 1.82) is 0 Å². The largest absolute Gasteiger partial charge is 0.466 e. The van der Waals surface area contributed by atoms with Crippen LogP contribution < -0.4 is 10.6 Å². The van der Waals surface area contributed by atoms with Crippen molar-refractivity contribution in [3.05, 3.63) is 23.2 Å². The van der Waals surface area contributed by atoms with Gasteiger partial charge in [0.2, 0.25) is 0 Å². The molecule has 0 unspecified atom stereocenters. The first kappa shape index (κ1) is 17.0. The molecule has 1 aliphatic carbocycles. The van der Waals surface area contributed by atoms with Gasteiger partial charge in [-0.2, -0.15) is 0 Å². The van der Waals surface area contributed by atoms with E-state index in [-0.39, 0.29) is 6.04 Å². The highest BCUT2D eigenvalue weighted by molar-refractivity contribution is 6.35. The summed E-state index contributed by atoms with van der Waals surface area (Å²) in [5, 5.41) is 5.49. The SMILES string of the molecule is Cc1cc(CN2CCC(CNC(=O)C(=O)NC3CC3)CC2)c(C)o1. The summed E-state index contributed by atoms with van der Waals surface area (Å²) in [6.07, 6.45) is 4.07. The van der Waals surface area contributed by atoms with Crippen LogP contribution in [0.15, 0.2) is 10.5 Å². The number of amides is 2. The molecule has 0 bridgehead atoms. The lowest BCUT2D eigenvalue weighted by Gasteiger charge is -2.31. The Hall–Kier alpha value is -1.82. The van der Waals surface area contributed by atoms with Crippen molar-refractivity contribution in [3.8, 4) is 0 Å². The normalized spacial score (nSPS) is 19.2. The summed E-state index contributed by atoms with van der Waals surface area (Å²) in [7, 11) is 0. The Morgan fingerprint density at radius 1 is 1.17 bits per heavy atom. The third kappa shape index (κ3) is 4.60. The molecular formula is C18H27N3O3. The van der Waals surface area contributed by atoms with Crippen molar-refractivity contribution in [2.75, 3.05) is 19.6 Å². The van der Waals surface area contributed by atoms with Crippen molar-refractivity contribution in [3.63, 3.8) is 0 Å². The maximum Gasteiger partial charge on any atom is 0.309 e. The average molecular weight is 333 g/mol. The number of aryl methyl sites for hydroxylation is 2. The highest BCUT2D eigenvalue weighted by Crippen LogP contribution is 2.21. The molecule has 1 aliphatic heterocycles. The minimum Gasteiger partial charge on any atom is -0.466 e. The molecular weight excluding hydrogens is 306 g/mol. The van der Waals surface area contributed by atoms with Crippen LogP contribution in [0, 0.1) is 19.8 Å². The molecule has 0 radical (unpaired) electrons. The van der Waals surface area contributed by atoms with Crippen LogP contribution in [0.5, 0.6) is 0 Å². The summed E-state index contributed by atoms with van der Waals surface area (Å²) in [5.74, 6) is 1.44. The molecule has 2 amide bonds. The predicted octanol–water partition coefficient (Wildman–Crippen LogP) is 1.50. The first-order chi connectivity index (χ1) is 11.5. The summed E-state index contributed by atoms with van der Waals surface area (Å²) in [4.78, 5) is 25.8. The highest BCUT2D eigenvalue weighted by atomic mass is 16.3. The molecule has 6 heteroatoms. The number of rotatable bonds is 5. The van der Waals surface area contributed by atoms with E-state index >= 15 is 0 Å². The number of nitrogens with zero attached hydrogens (tertiary/aromatic N) is 1. The van der Waals surface area contributed by atoms with E-state index in [0.717, 1.165) is 56.8 Å². The van der Waals surface area contributed by atoms with Crippen molar-refractivity contribution in [1.82, 2.24) is 15.5 Å². The van der Waals surface area contributed by atoms with Gasteiger partial charge in [-0.15, -0.1) is 0 Å². The predicted molar refractivity (Wildman–Crippen MR) is 90.4 cm³/mol. The van der Waals surface area contributed by atoms with E-state index in [0.29, 0.717) is 12.5 Å². The molecule has 2 fully saturated rings.